The van der Waals surface area contributed by atoms with E-state index in [4.69, 9.17) is 9.47 Å². The van der Waals surface area contributed by atoms with Crippen LogP contribution in [0.4, 0.5) is 0 Å². The van der Waals surface area contributed by atoms with Crippen LogP contribution in [-0.2, 0) is 6.54 Å². The van der Waals surface area contributed by atoms with Gasteiger partial charge in [0.05, 0.1) is 14.2 Å². The zero-order valence-corrected chi connectivity index (χ0v) is 14.7. The van der Waals surface area contributed by atoms with E-state index in [2.05, 4.69) is 23.2 Å². The van der Waals surface area contributed by atoms with Crippen LogP contribution in [0, 0.1) is 0 Å². The Morgan fingerprint density at radius 3 is 2.50 bits per heavy atom. The van der Waals surface area contributed by atoms with Gasteiger partial charge in [0.15, 0.2) is 0 Å². The topological polar surface area (TPSA) is 33.7 Å². The monoisotopic (exact) mass is 328 g/mol. The summed E-state index contributed by atoms with van der Waals surface area (Å²) in [6.45, 7) is 6.56. The Balaban J connectivity index is 0.00000242. The summed E-state index contributed by atoms with van der Waals surface area (Å²) in [5.74, 6) is 1.85. The van der Waals surface area contributed by atoms with Crippen molar-refractivity contribution in [1.82, 2.24) is 10.2 Å². The van der Waals surface area contributed by atoms with E-state index in [-0.39, 0.29) is 12.4 Å². The van der Waals surface area contributed by atoms with Gasteiger partial charge in [0.1, 0.15) is 11.5 Å². The molecular weight excluding hydrogens is 300 g/mol. The van der Waals surface area contributed by atoms with Crippen LogP contribution in [0.2, 0.25) is 0 Å². The van der Waals surface area contributed by atoms with Gasteiger partial charge < -0.3 is 14.8 Å². The van der Waals surface area contributed by atoms with Crippen LogP contribution in [0.15, 0.2) is 18.2 Å². The number of nitrogens with zero attached hydrogens (tertiary/aromatic N) is 1. The molecule has 1 fully saturated rings. The van der Waals surface area contributed by atoms with Crippen LogP contribution >= 0.6 is 12.4 Å². The van der Waals surface area contributed by atoms with Crippen LogP contribution in [-0.4, -0.2) is 44.8 Å². The molecule has 0 amide bonds. The van der Waals surface area contributed by atoms with E-state index >= 15 is 0 Å². The van der Waals surface area contributed by atoms with E-state index in [9.17, 15) is 0 Å². The molecule has 0 spiro atoms. The minimum Gasteiger partial charge on any atom is -0.497 e. The van der Waals surface area contributed by atoms with Crippen LogP contribution in [0.5, 0.6) is 11.5 Å². The molecule has 0 aromatic heterocycles. The maximum absolute atomic E-state index is 5.52. The highest BCUT2D eigenvalue weighted by atomic mass is 35.5. The van der Waals surface area contributed by atoms with Crippen LogP contribution in [0.3, 0.4) is 0 Å². The molecule has 1 aromatic rings. The molecule has 5 heteroatoms. The van der Waals surface area contributed by atoms with Crippen LogP contribution in [0.25, 0.3) is 0 Å². The van der Waals surface area contributed by atoms with E-state index in [1.54, 1.807) is 14.2 Å². The van der Waals surface area contributed by atoms with Crippen molar-refractivity contribution in [3.63, 3.8) is 0 Å². The van der Waals surface area contributed by atoms with Gasteiger partial charge in [0, 0.05) is 18.2 Å². The molecule has 1 saturated heterocycles. The Hall–Kier alpha value is -0.970. The quantitative estimate of drug-likeness (QED) is 0.834. The number of halogens is 1. The highest BCUT2D eigenvalue weighted by molar-refractivity contribution is 5.85. The highest BCUT2D eigenvalue weighted by Crippen LogP contribution is 2.27. The number of hydrogen-bond acceptors (Lipinski definition) is 4. The molecule has 0 aliphatic carbocycles. The molecule has 4 nitrogen and oxygen atoms in total. The lowest BCUT2D eigenvalue weighted by molar-refractivity contribution is 0.152. The van der Waals surface area contributed by atoms with Crippen molar-refractivity contribution in [2.75, 3.05) is 33.9 Å². The molecule has 22 heavy (non-hydrogen) atoms. The zero-order chi connectivity index (χ0) is 15.1. The molecule has 0 saturated carbocycles. The number of benzene rings is 1. The predicted molar refractivity (Wildman–Crippen MR) is 93.4 cm³/mol. The van der Waals surface area contributed by atoms with Gasteiger partial charge in [-0.1, -0.05) is 6.92 Å². The SMILES string of the molecule is CCCN(Cc1cc(OC)ccc1OC)C1CCNCC1.Cl. The minimum absolute atomic E-state index is 0. The standard InChI is InChI=1S/C17H28N2O2.ClH/c1-4-11-19(15-7-9-18-10-8-15)13-14-12-16(20-2)5-6-17(14)21-3;/h5-6,12,15,18H,4,7-11,13H2,1-3H3;1H. The Morgan fingerprint density at radius 2 is 1.91 bits per heavy atom. The summed E-state index contributed by atoms with van der Waals surface area (Å²) in [6.07, 6.45) is 3.63. The van der Waals surface area contributed by atoms with Gasteiger partial charge in [-0.2, -0.15) is 0 Å². The fourth-order valence-corrected chi connectivity index (χ4v) is 3.07. The first-order valence-electron chi connectivity index (χ1n) is 7.94. The summed E-state index contributed by atoms with van der Waals surface area (Å²) >= 11 is 0. The van der Waals surface area contributed by atoms with Gasteiger partial charge in [-0.15, -0.1) is 12.4 Å². The van der Waals surface area contributed by atoms with Crippen molar-refractivity contribution in [2.24, 2.45) is 0 Å². The van der Waals surface area contributed by atoms with Crippen molar-refractivity contribution in [3.8, 4) is 11.5 Å². The van der Waals surface area contributed by atoms with Gasteiger partial charge in [-0.25, -0.2) is 0 Å². The first-order valence-corrected chi connectivity index (χ1v) is 7.94. The fraction of sp³-hybridized carbons (Fsp3) is 0.647. The highest BCUT2D eigenvalue weighted by Gasteiger charge is 2.21. The molecule has 0 bridgehead atoms. The molecule has 1 aromatic carbocycles. The average Bonchev–Trinajstić information content (AvgIpc) is 2.55. The molecule has 0 unspecified atom stereocenters. The third kappa shape index (κ3) is 5.04. The summed E-state index contributed by atoms with van der Waals surface area (Å²) in [4.78, 5) is 2.60. The third-order valence-electron chi connectivity index (χ3n) is 4.20. The van der Waals surface area contributed by atoms with Gasteiger partial charge in [0.2, 0.25) is 0 Å². The Labute approximate surface area is 140 Å². The number of ether oxygens (including phenoxy) is 2. The zero-order valence-electron chi connectivity index (χ0n) is 13.9. The molecule has 1 aliphatic heterocycles. The summed E-state index contributed by atoms with van der Waals surface area (Å²) in [5.41, 5.74) is 1.21. The second-order valence-electron chi connectivity index (χ2n) is 5.63. The molecular formula is C17H29ClN2O2. The molecule has 2 rings (SSSR count). The Kier molecular flexibility index (Phi) is 8.61. The lowest BCUT2D eigenvalue weighted by atomic mass is 10.0. The molecule has 1 heterocycles. The number of piperidine rings is 1. The largest absolute Gasteiger partial charge is 0.497 e. The lowest BCUT2D eigenvalue weighted by Crippen LogP contribution is -2.43. The average molecular weight is 329 g/mol. The molecule has 126 valence electrons. The maximum Gasteiger partial charge on any atom is 0.123 e. The van der Waals surface area contributed by atoms with Gasteiger partial charge >= 0.3 is 0 Å². The van der Waals surface area contributed by atoms with E-state index < -0.39 is 0 Å². The second kappa shape index (κ2) is 9.93. The first kappa shape index (κ1) is 19.1. The number of nitrogens with one attached hydrogen (secondary N) is 1. The smallest absolute Gasteiger partial charge is 0.123 e. The molecule has 0 atom stereocenters. The van der Waals surface area contributed by atoms with Crippen LogP contribution in [0.1, 0.15) is 31.7 Å². The minimum atomic E-state index is 0. The van der Waals surface area contributed by atoms with E-state index in [0.717, 1.165) is 37.7 Å². The second-order valence-corrected chi connectivity index (χ2v) is 5.63. The third-order valence-corrected chi connectivity index (χ3v) is 4.20. The summed E-state index contributed by atoms with van der Waals surface area (Å²) in [5, 5.41) is 3.45. The van der Waals surface area contributed by atoms with Crippen molar-refractivity contribution in [1.29, 1.82) is 0 Å². The molecule has 1 aliphatic rings. The lowest BCUT2D eigenvalue weighted by Gasteiger charge is -2.34. The molecule has 0 radical (unpaired) electrons. The van der Waals surface area contributed by atoms with E-state index in [1.807, 2.05) is 12.1 Å². The number of methoxy groups -OCH3 is 2. The summed E-state index contributed by atoms with van der Waals surface area (Å²) in [6, 6.07) is 6.72. The Morgan fingerprint density at radius 1 is 1.18 bits per heavy atom. The van der Waals surface area contributed by atoms with Gasteiger partial charge in [-0.05, 0) is 57.1 Å². The normalized spacial score (nSPS) is 15.5. The first-order chi connectivity index (χ1) is 10.3. The molecule has 1 N–H and O–H groups in total. The van der Waals surface area contributed by atoms with Gasteiger partial charge in [-0.3, -0.25) is 4.90 Å². The Bertz CT molecular complexity index is 437. The maximum atomic E-state index is 5.52. The van der Waals surface area contributed by atoms with Gasteiger partial charge in [0.25, 0.3) is 0 Å². The fourth-order valence-electron chi connectivity index (χ4n) is 3.07. The number of hydrogen-bond donors (Lipinski definition) is 1. The summed E-state index contributed by atoms with van der Waals surface area (Å²) in [7, 11) is 3.45. The van der Waals surface area contributed by atoms with E-state index in [0.29, 0.717) is 6.04 Å². The number of rotatable bonds is 7. The van der Waals surface area contributed by atoms with Crippen molar-refractivity contribution in [3.05, 3.63) is 23.8 Å². The van der Waals surface area contributed by atoms with Crippen molar-refractivity contribution in [2.45, 2.75) is 38.8 Å². The van der Waals surface area contributed by atoms with Crippen molar-refractivity contribution < 1.29 is 9.47 Å². The summed E-state index contributed by atoms with van der Waals surface area (Å²) < 4.78 is 10.9. The van der Waals surface area contributed by atoms with Crippen LogP contribution < -0.4 is 14.8 Å². The predicted octanol–water partition coefficient (Wildman–Crippen LogP) is 3.09. The van der Waals surface area contributed by atoms with Crippen molar-refractivity contribution >= 4 is 12.4 Å². The van der Waals surface area contributed by atoms with E-state index in [1.165, 1.54) is 24.8 Å².